The molecule has 1 fully saturated rings. The maximum atomic E-state index is 9.07. The van der Waals surface area contributed by atoms with Gasteiger partial charge in [0.05, 0.1) is 12.2 Å². The molecule has 0 aromatic rings. The molecule has 1 heterocycles. The number of halogens is 1. The van der Waals surface area contributed by atoms with Crippen LogP contribution in [0.1, 0.15) is 12.8 Å². The van der Waals surface area contributed by atoms with Crippen LogP contribution in [0.15, 0.2) is 0 Å². The van der Waals surface area contributed by atoms with Gasteiger partial charge in [-0.15, -0.1) is 12.4 Å². The first kappa shape index (κ1) is 10.2. The Bertz CT molecular complexity index is 81.8. The molecule has 0 saturated carbocycles. The first-order valence-corrected chi connectivity index (χ1v) is 3.37. The monoisotopic (exact) mass is 167 g/mol. The predicted octanol–water partition coefficient (Wildman–Crippen LogP) is -0.487. The smallest absolute Gasteiger partial charge is 0.0811 e. The molecule has 0 radical (unpaired) electrons. The molecule has 2 atom stereocenters. The zero-order valence-electron chi connectivity index (χ0n) is 5.79. The standard InChI is InChI=1S/C6H13NO2.ClH/c8-5-1-3-7-4-2-6(5)9;/h5-9H,1-4H2;1H/t5-,6+;. The molecule has 1 saturated heterocycles. The second-order valence-corrected chi connectivity index (χ2v) is 2.46. The number of nitrogens with one attached hydrogen (secondary N) is 1. The van der Waals surface area contributed by atoms with Gasteiger partial charge >= 0.3 is 0 Å². The van der Waals surface area contributed by atoms with Crippen LogP contribution in [-0.4, -0.2) is 35.5 Å². The van der Waals surface area contributed by atoms with E-state index in [2.05, 4.69) is 5.32 Å². The molecule has 4 heteroatoms. The van der Waals surface area contributed by atoms with Crippen LogP contribution in [0.3, 0.4) is 0 Å². The molecule has 1 aliphatic rings. The lowest BCUT2D eigenvalue weighted by Crippen LogP contribution is -2.24. The third-order valence-electron chi connectivity index (χ3n) is 1.68. The molecule has 1 rings (SSSR count). The normalized spacial score (nSPS) is 34.2. The largest absolute Gasteiger partial charge is 0.390 e. The Morgan fingerprint density at radius 1 is 1.00 bits per heavy atom. The minimum atomic E-state index is -0.514. The number of aliphatic hydroxyl groups is 2. The molecule has 1 aliphatic heterocycles. The van der Waals surface area contributed by atoms with E-state index in [-0.39, 0.29) is 12.4 Å². The van der Waals surface area contributed by atoms with E-state index >= 15 is 0 Å². The van der Waals surface area contributed by atoms with Gasteiger partial charge in [-0.05, 0) is 25.9 Å². The van der Waals surface area contributed by atoms with Crippen molar-refractivity contribution in [3.05, 3.63) is 0 Å². The molecule has 0 aromatic carbocycles. The van der Waals surface area contributed by atoms with Crippen molar-refractivity contribution in [2.75, 3.05) is 13.1 Å². The minimum Gasteiger partial charge on any atom is -0.390 e. The Morgan fingerprint density at radius 3 is 1.80 bits per heavy atom. The molecule has 3 N–H and O–H groups in total. The first-order valence-electron chi connectivity index (χ1n) is 3.37. The van der Waals surface area contributed by atoms with E-state index in [1.165, 1.54) is 0 Å². The Kier molecular flexibility index (Phi) is 4.99. The summed E-state index contributed by atoms with van der Waals surface area (Å²) in [5.74, 6) is 0. The van der Waals surface area contributed by atoms with Gasteiger partial charge in [-0.2, -0.15) is 0 Å². The maximum Gasteiger partial charge on any atom is 0.0811 e. The fourth-order valence-electron chi connectivity index (χ4n) is 1.01. The molecule has 62 valence electrons. The van der Waals surface area contributed by atoms with Crippen LogP contribution in [0, 0.1) is 0 Å². The number of aliphatic hydroxyl groups excluding tert-OH is 2. The fourth-order valence-corrected chi connectivity index (χ4v) is 1.01. The van der Waals surface area contributed by atoms with Gasteiger partial charge in [-0.25, -0.2) is 0 Å². The Morgan fingerprint density at radius 2 is 1.40 bits per heavy atom. The topological polar surface area (TPSA) is 52.5 Å². The summed E-state index contributed by atoms with van der Waals surface area (Å²) >= 11 is 0. The van der Waals surface area contributed by atoms with E-state index in [9.17, 15) is 0 Å². The van der Waals surface area contributed by atoms with E-state index < -0.39 is 12.2 Å². The molecule has 0 amide bonds. The van der Waals surface area contributed by atoms with Crippen LogP contribution in [0.25, 0.3) is 0 Å². The SMILES string of the molecule is Cl.O[C@@H]1CCNCC[C@@H]1O. The third-order valence-corrected chi connectivity index (χ3v) is 1.68. The average molecular weight is 168 g/mol. The molecule has 3 nitrogen and oxygen atoms in total. The number of hydrogen-bond donors (Lipinski definition) is 3. The van der Waals surface area contributed by atoms with E-state index in [1.54, 1.807) is 0 Å². The second kappa shape index (κ2) is 4.91. The van der Waals surface area contributed by atoms with Gasteiger partial charge in [-0.1, -0.05) is 0 Å². The summed E-state index contributed by atoms with van der Waals surface area (Å²) in [5.41, 5.74) is 0. The lowest BCUT2D eigenvalue weighted by Gasteiger charge is -2.11. The Hall–Kier alpha value is 0.170. The highest BCUT2D eigenvalue weighted by Gasteiger charge is 2.17. The summed E-state index contributed by atoms with van der Waals surface area (Å²) in [5, 5.41) is 21.2. The van der Waals surface area contributed by atoms with Crippen LogP contribution in [0.5, 0.6) is 0 Å². The van der Waals surface area contributed by atoms with Gasteiger partial charge in [0.1, 0.15) is 0 Å². The van der Waals surface area contributed by atoms with Crippen LogP contribution >= 0.6 is 12.4 Å². The zero-order valence-corrected chi connectivity index (χ0v) is 6.60. The Labute approximate surface area is 66.8 Å². The summed E-state index contributed by atoms with van der Waals surface area (Å²) in [6.45, 7) is 1.64. The quantitative estimate of drug-likeness (QED) is 0.457. The fraction of sp³-hybridized carbons (Fsp3) is 1.00. The molecule has 0 aromatic heterocycles. The summed E-state index contributed by atoms with van der Waals surface area (Å²) < 4.78 is 0. The summed E-state index contributed by atoms with van der Waals surface area (Å²) in [4.78, 5) is 0. The van der Waals surface area contributed by atoms with Crippen LogP contribution in [-0.2, 0) is 0 Å². The molecule has 10 heavy (non-hydrogen) atoms. The van der Waals surface area contributed by atoms with Gasteiger partial charge in [-0.3, -0.25) is 0 Å². The van der Waals surface area contributed by atoms with Gasteiger partial charge in [0, 0.05) is 0 Å². The van der Waals surface area contributed by atoms with Crippen molar-refractivity contribution in [2.45, 2.75) is 25.0 Å². The van der Waals surface area contributed by atoms with Crippen LogP contribution in [0.2, 0.25) is 0 Å². The minimum absolute atomic E-state index is 0. The highest BCUT2D eigenvalue weighted by molar-refractivity contribution is 5.85. The summed E-state index contributed by atoms with van der Waals surface area (Å²) in [6.07, 6.45) is 0.308. The lowest BCUT2D eigenvalue weighted by molar-refractivity contribution is 0.0187. The first-order chi connectivity index (χ1) is 4.30. The second-order valence-electron chi connectivity index (χ2n) is 2.46. The molecular formula is C6H14ClNO2. The van der Waals surface area contributed by atoms with Gasteiger partial charge in [0.25, 0.3) is 0 Å². The number of rotatable bonds is 0. The van der Waals surface area contributed by atoms with Gasteiger partial charge < -0.3 is 15.5 Å². The van der Waals surface area contributed by atoms with Crippen molar-refractivity contribution in [3.8, 4) is 0 Å². The van der Waals surface area contributed by atoms with Gasteiger partial charge in [0.15, 0.2) is 0 Å². The van der Waals surface area contributed by atoms with Crippen molar-refractivity contribution in [1.29, 1.82) is 0 Å². The van der Waals surface area contributed by atoms with E-state index in [0.29, 0.717) is 12.8 Å². The lowest BCUT2D eigenvalue weighted by atomic mass is 10.1. The van der Waals surface area contributed by atoms with E-state index in [4.69, 9.17) is 10.2 Å². The van der Waals surface area contributed by atoms with Crippen molar-refractivity contribution in [1.82, 2.24) is 5.32 Å². The molecular weight excluding hydrogens is 154 g/mol. The highest BCUT2D eigenvalue weighted by Crippen LogP contribution is 2.04. The predicted molar refractivity (Wildman–Crippen MR) is 41.4 cm³/mol. The van der Waals surface area contributed by atoms with E-state index in [1.807, 2.05) is 0 Å². The molecule has 0 unspecified atom stereocenters. The molecule has 0 bridgehead atoms. The number of hydrogen-bond acceptors (Lipinski definition) is 3. The highest BCUT2D eigenvalue weighted by atomic mass is 35.5. The Balaban J connectivity index is 0.000000810. The van der Waals surface area contributed by atoms with Crippen molar-refractivity contribution in [3.63, 3.8) is 0 Å². The average Bonchev–Trinajstić information content (AvgIpc) is 1.99. The van der Waals surface area contributed by atoms with Crippen LogP contribution in [0.4, 0.5) is 0 Å². The molecule has 0 spiro atoms. The van der Waals surface area contributed by atoms with Gasteiger partial charge in [0.2, 0.25) is 0 Å². The van der Waals surface area contributed by atoms with Crippen LogP contribution < -0.4 is 5.32 Å². The summed E-state index contributed by atoms with van der Waals surface area (Å²) in [6, 6.07) is 0. The third kappa shape index (κ3) is 2.84. The summed E-state index contributed by atoms with van der Waals surface area (Å²) in [7, 11) is 0. The maximum absolute atomic E-state index is 9.07. The van der Waals surface area contributed by atoms with Crippen molar-refractivity contribution >= 4 is 12.4 Å². The zero-order chi connectivity index (χ0) is 6.69. The van der Waals surface area contributed by atoms with Crippen molar-refractivity contribution in [2.24, 2.45) is 0 Å². The van der Waals surface area contributed by atoms with Crippen molar-refractivity contribution < 1.29 is 10.2 Å². The molecule has 0 aliphatic carbocycles. The van der Waals surface area contributed by atoms with E-state index in [0.717, 1.165) is 13.1 Å².